The van der Waals surface area contributed by atoms with Gasteiger partial charge in [0.05, 0.1) is 27.5 Å². The summed E-state index contributed by atoms with van der Waals surface area (Å²) >= 11 is 0. The van der Waals surface area contributed by atoms with Gasteiger partial charge >= 0.3 is 6.09 Å². The molecule has 0 spiro atoms. The van der Waals surface area contributed by atoms with Crippen LogP contribution in [0.4, 0.5) is 4.79 Å². The quantitative estimate of drug-likeness (QED) is 0.662. The van der Waals surface area contributed by atoms with Gasteiger partial charge in [0.1, 0.15) is 11.4 Å². The van der Waals surface area contributed by atoms with Crippen LogP contribution in [0.3, 0.4) is 0 Å². The van der Waals surface area contributed by atoms with Gasteiger partial charge in [0.15, 0.2) is 9.84 Å². The number of para-hydroxylation sites is 1. The number of carbonyl (C=O) groups is 1. The van der Waals surface area contributed by atoms with Gasteiger partial charge in [-0.05, 0) is 52.0 Å². The number of nitrogens with zero attached hydrogens (tertiary/aromatic N) is 2. The van der Waals surface area contributed by atoms with Crippen molar-refractivity contribution in [2.24, 2.45) is 0 Å². The van der Waals surface area contributed by atoms with E-state index >= 15 is 0 Å². The monoisotopic (exact) mass is 443 g/mol. The second-order valence-electron chi connectivity index (χ2n) is 8.24. The molecule has 0 saturated carbocycles. The van der Waals surface area contributed by atoms with Crippen molar-refractivity contribution < 1.29 is 17.9 Å². The summed E-state index contributed by atoms with van der Waals surface area (Å²) < 4.78 is 31.2. The summed E-state index contributed by atoms with van der Waals surface area (Å²) in [5.74, 6) is 0.250. The van der Waals surface area contributed by atoms with Crippen LogP contribution < -0.4 is 10.9 Å². The maximum absolute atomic E-state index is 13.6. The van der Waals surface area contributed by atoms with E-state index in [-0.39, 0.29) is 21.6 Å². The predicted molar refractivity (Wildman–Crippen MR) is 118 cm³/mol. The van der Waals surface area contributed by atoms with Crippen LogP contribution in [-0.4, -0.2) is 35.9 Å². The molecule has 2 aromatic carbocycles. The molecule has 9 heteroatoms. The molecule has 3 rings (SSSR count). The Bertz CT molecular complexity index is 1290. The molecular formula is C22H25N3O5S. The predicted octanol–water partition coefficient (Wildman–Crippen LogP) is 3.37. The Balaban J connectivity index is 2.26. The molecule has 8 nitrogen and oxygen atoms in total. The zero-order valence-electron chi connectivity index (χ0n) is 18.0. The summed E-state index contributed by atoms with van der Waals surface area (Å²) in [6.07, 6.45) is 0.396. The first-order valence-electron chi connectivity index (χ1n) is 9.69. The zero-order chi connectivity index (χ0) is 23.0. The smallest absolute Gasteiger partial charge is 0.408 e. The van der Waals surface area contributed by atoms with E-state index in [1.165, 1.54) is 16.7 Å². The maximum Gasteiger partial charge on any atom is 0.408 e. The minimum Gasteiger partial charge on any atom is -0.444 e. The Morgan fingerprint density at radius 1 is 1.10 bits per heavy atom. The number of benzene rings is 2. The molecule has 0 bridgehead atoms. The van der Waals surface area contributed by atoms with Crippen LogP contribution in [0, 0.1) is 0 Å². The molecule has 1 atom stereocenters. The Hall–Kier alpha value is -3.20. The van der Waals surface area contributed by atoms with E-state index < -0.39 is 33.1 Å². The molecule has 31 heavy (non-hydrogen) atoms. The fraction of sp³-hybridized carbons (Fsp3) is 0.318. The summed E-state index contributed by atoms with van der Waals surface area (Å²) in [5, 5.41) is 2.70. The van der Waals surface area contributed by atoms with Crippen LogP contribution in [-0.2, 0) is 14.6 Å². The zero-order valence-corrected chi connectivity index (χ0v) is 18.9. The molecular weight excluding hydrogens is 418 g/mol. The van der Waals surface area contributed by atoms with Crippen LogP contribution in [0.5, 0.6) is 0 Å². The Morgan fingerprint density at radius 2 is 1.74 bits per heavy atom. The number of sulfone groups is 1. The van der Waals surface area contributed by atoms with Gasteiger partial charge in [-0.25, -0.2) is 18.2 Å². The van der Waals surface area contributed by atoms with Gasteiger partial charge in [-0.15, -0.1) is 0 Å². The largest absolute Gasteiger partial charge is 0.444 e. The first-order valence-corrected chi connectivity index (χ1v) is 11.6. The van der Waals surface area contributed by atoms with Crippen molar-refractivity contribution in [1.82, 2.24) is 14.9 Å². The average Bonchev–Trinajstić information content (AvgIpc) is 2.65. The molecule has 0 aliphatic rings. The molecule has 0 aliphatic heterocycles. The number of amides is 1. The van der Waals surface area contributed by atoms with Gasteiger partial charge in [0.2, 0.25) is 0 Å². The van der Waals surface area contributed by atoms with Crippen molar-refractivity contribution in [1.29, 1.82) is 0 Å². The van der Waals surface area contributed by atoms with E-state index in [4.69, 9.17) is 4.74 Å². The van der Waals surface area contributed by atoms with E-state index in [1.807, 2.05) is 0 Å². The minimum atomic E-state index is -3.67. The number of ether oxygens (including phenoxy) is 1. The number of fused-ring (bicyclic) bond motifs is 1. The third-order valence-electron chi connectivity index (χ3n) is 4.42. The lowest BCUT2D eigenvalue weighted by atomic mass is 10.2. The van der Waals surface area contributed by atoms with Crippen LogP contribution in [0.15, 0.2) is 58.2 Å². The number of aromatic nitrogens is 2. The highest BCUT2D eigenvalue weighted by Crippen LogP contribution is 2.23. The average molecular weight is 444 g/mol. The highest BCUT2D eigenvalue weighted by Gasteiger charge is 2.24. The topological polar surface area (TPSA) is 107 Å². The maximum atomic E-state index is 13.6. The molecule has 1 N–H and O–H groups in total. The van der Waals surface area contributed by atoms with E-state index in [2.05, 4.69) is 10.3 Å². The highest BCUT2D eigenvalue weighted by molar-refractivity contribution is 7.91. The highest BCUT2D eigenvalue weighted by atomic mass is 32.2. The van der Waals surface area contributed by atoms with Gasteiger partial charge < -0.3 is 10.1 Å². The Morgan fingerprint density at radius 3 is 2.32 bits per heavy atom. The number of nitrogens with one attached hydrogen (secondary N) is 1. The SMILES string of the molecule is C[C@H](NC(=O)OC(C)(C)C)c1nc2cccc(S(C)(=O)=O)c2c(=O)n1-c1ccccc1. The fourth-order valence-corrected chi connectivity index (χ4v) is 4.08. The molecule has 3 aromatic rings. The van der Waals surface area contributed by atoms with Gasteiger partial charge in [-0.2, -0.15) is 0 Å². The van der Waals surface area contributed by atoms with E-state index in [9.17, 15) is 18.0 Å². The molecule has 0 radical (unpaired) electrons. The van der Waals surface area contributed by atoms with E-state index in [0.29, 0.717) is 5.69 Å². The molecule has 1 heterocycles. The van der Waals surface area contributed by atoms with Crippen molar-refractivity contribution in [3.05, 3.63) is 64.7 Å². The summed E-state index contributed by atoms with van der Waals surface area (Å²) in [6.45, 7) is 6.92. The summed E-state index contributed by atoms with van der Waals surface area (Å²) in [6, 6.07) is 12.5. The Labute approximate surface area is 180 Å². The molecule has 1 aromatic heterocycles. The van der Waals surface area contributed by atoms with E-state index in [1.54, 1.807) is 64.1 Å². The number of rotatable bonds is 4. The summed E-state index contributed by atoms with van der Waals surface area (Å²) in [5.41, 5.74) is -0.500. The van der Waals surface area contributed by atoms with Gasteiger partial charge in [0.25, 0.3) is 5.56 Å². The van der Waals surface area contributed by atoms with Crippen LogP contribution >= 0.6 is 0 Å². The van der Waals surface area contributed by atoms with E-state index in [0.717, 1.165) is 6.26 Å². The lowest BCUT2D eigenvalue weighted by Gasteiger charge is -2.23. The van der Waals surface area contributed by atoms with Gasteiger partial charge in [-0.1, -0.05) is 24.3 Å². The summed E-state index contributed by atoms with van der Waals surface area (Å²) in [4.78, 5) is 30.3. The van der Waals surface area contributed by atoms with Crippen LogP contribution in [0.1, 0.15) is 39.6 Å². The molecule has 164 valence electrons. The third-order valence-corrected chi connectivity index (χ3v) is 5.56. The molecule has 0 aliphatic carbocycles. The van der Waals surface area contributed by atoms with Gasteiger partial charge in [-0.3, -0.25) is 9.36 Å². The molecule has 0 fully saturated rings. The molecule has 0 unspecified atom stereocenters. The molecule has 0 saturated heterocycles. The third kappa shape index (κ3) is 4.93. The number of hydrogen-bond donors (Lipinski definition) is 1. The second-order valence-corrected chi connectivity index (χ2v) is 10.2. The minimum absolute atomic E-state index is 0.00192. The van der Waals surface area contributed by atoms with Gasteiger partial charge in [0, 0.05) is 6.26 Å². The van der Waals surface area contributed by atoms with Crippen molar-refractivity contribution in [2.45, 2.75) is 44.2 Å². The first-order chi connectivity index (χ1) is 14.4. The lowest BCUT2D eigenvalue weighted by Crippen LogP contribution is -2.37. The fourth-order valence-electron chi connectivity index (χ4n) is 3.19. The van der Waals surface area contributed by atoms with Crippen LogP contribution in [0.25, 0.3) is 16.6 Å². The van der Waals surface area contributed by atoms with Crippen molar-refractivity contribution in [3.8, 4) is 5.69 Å². The number of hydrogen-bond acceptors (Lipinski definition) is 6. The Kier molecular flexibility index (Phi) is 5.91. The summed E-state index contributed by atoms with van der Waals surface area (Å²) in [7, 11) is -3.67. The number of alkyl carbamates (subject to hydrolysis) is 1. The normalized spacial score (nSPS) is 13.1. The van der Waals surface area contributed by atoms with Crippen molar-refractivity contribution in [3.63, 3.8) is 0 Å². The second kappa shape index (κ2) is 8.14. The van der Waals surface area contributed by atoms with Crippen molar-refractivity contribution >= 4 is 26.8 Å². The lowest BCUT2D eigenvalue weighted by molar-refractivity contribution is 0.0505. The standard InChI is InChI=1S/C22H25N3O5S/c1-14(23-21(27)30-22(2,3)4)19-24-16-12-9-13-17(31(5,28)29)18(16)20(26)25(19)15-10-7-6-8-11-15/h6-14H,1-5H3,(H,23,27)/t14-/m0/s1. The van der Waals surface area contributed by atoms with Crippen LogP contribution in [0.2, 0.25) is 0 Å². The first kappa shape index (κ1) is 22.5. The van der Waals surface area contributed by atoms with Crippen molar-refractivity contribution in [2.75, 3.05) is 6.26 Å². The number of carbonyl (C=O) groups excluding carboxylic acids is 1. The molecule has 1 amide bonds.